The molecule has 0 atom stereocenters. The van der Waals surface area contributed by atoms with Crippen LogP contribution in [0, 0.1) is 5.92 Å². The Labute approximate surface area is 130 Å². The van der Waals surface area contributed by atoms with E-state index in [0.29, 0.717) is 11.8 Å². The van der Waals surface area contributed by atoms with E-state index in [9.17, 15) is 0 Å². The fraction of sp³-hybridized carbons (Fsp3) is 0.471. The van der Waals surface area contributed by atoms with Crippen molar-refractivity contribution in [3.05, 3.63) is 36.0 Å². The van der Waals surface area contributed by atoms with Gasteiger partial charge in [0.1, 0.15) is 5.82 Å². The molecule has 0 amide bonds. The monoisotopic (exact) mass is 304 g/mol. The molecule has 0 spiro atoms. The van der Waals surface area contributed by atoms with Gasteiger partial charge in [0, 0.05) is 44.3 Å². The minimum atomic E-state index is 0.497. The number of fused-ring (bicyclic) bond motifs is 1. The molecule has 0 bridgehead atoms. The van der Waals surface area contributed by atoms with Crippen LogP contribution in [0.5, 0.6) is 0 Å². The summed E-state index contributed by atoms with van der Waals surface area (Å²) in [6.07, 6.45) is 4.19. The van der Waals surface area contributed by atoms with Gasteiger partial charge in [-0.25, -0.2) is 4.98 Å². The second-order valence-electron chi connectivity index (χ2n) is 5.72. The Morgan fingerprint density at radius 2 is 1.95 bits per heavy atom. The largest absolute Gasteiger partial charge is 0.381 e. The second kappa shape index (κ2) is 6.63. The Morgan fingerprint density at radius 3 is 2.67 bits per heavy atom. The van der Waals surface area contributed by atoms with Crippen molar-refractivity contribution in [1.82, 2.24) is 4.98 Å². The van der Waals surface area contributed by atoms with Gasteiger partial charge >= 0.3 is 0 Å². The molecule has 112 valence electrons. The molecule has 3 nitrogen and oxygen atoms in total. The number of rotatable bonds is 4. The van der Waals surface area contributed by atoms with Gasteiger partial charge < -0.3 is 9.64 Å². The molecule has 3 rings (SSSR count). The SMILES string of the molecule is CN(CC1CCOCC1)c1ncc(CCl)c2ccccc12. The molecule has 2 heterocycles. The molecule has 0 saturated carbocycles. The minimum absolute atomic E-state index is 0.497. The summed E-state index contributed by atoms with van der Waals surface area (Å²) < 4.78 is 5.44. The van der Waals surface area contributed by atoms with Crippen molar-refractivity contribution >= 4 is 28.2 Å². The Balaban J connectivity index is 1.89. The first kappa shape index (κ1) is 14.6. The zero-order valence-electron chi connectivity index (χ0n) is 12.4. The fourth-order valence-corrected chi connectivity index (χ4v) is 3.26. The molecule has 0 aliphatic carbocycles. The molecular weight excluding hydrogens is 284 g/mol. The van der Waals surface area contributed by atoms with Crippen LogP contribution in [0.4, 0.5) is 5.82 Å². The Morgan fingerprint density at radius 1 is 1.24 bits per heavy atom. The van der Waals surface area contributed by atoms with E-state index in [1.807, 2.05) is 6.20 Å². The Hall–Kier alpha value is -1.32. The summed E-state index contributed by atoms with van der Waals surface area (Å²) >= 11 is 6.03. The Kier molecular flexibility index (Phi) is 4.61. The lowest BCUT2D eigenvalue weighted by molar-refractivity contribution is 0.0685. The average Bonchev–Trinajstić information content (AvgIpc) is 2.54. The van der Waals surface area contributed by atoms with Gasteiger partial charge in [0.2, 0.25) is 0 Å². The number of hydrogen-bond donors (Lipinski definition) is 0. The van der Waals surface area contributed by atoms with Crippen molar-refractivity contribution in [2.24, 2.45) is 5.92 Å². The molecule has 4 heteroatoms. The smallest absolute Gasteiger partial charge is 0.136 e. The molecule has 0 unspecified atom stereocenters. The van der Waals surface area contributed by atoms with Crippen LogP contribution < -0.4 is 4.90 Å². The zero-order chi connectivity index (χ0) is 14.7. The van der Waals surface area contributed by atoms with E-state index in [1.165, 1.54) is 10.8 Å². The molecular formula is C17H21ClN2O. The lowest BCUT2D eigenvalue weighted by atomic mass is 9.99. The van der Waals surface area contributed by atoms with Crippen LogP contribution >= 0.6 is 11.6 Å². The summed E-state index contributed by atoms with van der Waals surface area (Å²) in [4.78, 5) is 6.93. The van der Waals surface area contributed by atoms with E-state index in [2.05, 4.69) is 41.2 Å². The molecule has 1 saturated heterocycles. The van der Waals surface area contributed by atoms with Crippen molar-refractivity contribution in [1.29, 1.82) is 0 Å². The number of hydrogen-bond acceptors (Lipinski definition) is 3. The predicted molar refractivity (Wildman–Crippen MR) is 88.1 cm³/mol. The quantitative estimate of drug-likeness (QED) is 0.803. The van der Waals surface area contributed by atoms with Gasteiger partial charge in [-0.3, -0.25) is 0 Å². The topological polar surface area (TPSA) is 25.4 Å². The first-order chi connectivity index (χ1) is 10.3. The maximum Gasteiger partial charge on any atom is 0.136 e. The van der Waals surface area contributed by atoms with E-state index >= 15 is 0 Å². The molecule has 1 aromatic heterocycles. The van der Waals surface area contributed by atoms with Crippen LogP contribution in [0.15, 0.2) is 30.5 Å². The summed E-state index contributed by atoms with van der Waals surface area (Å²) in [5.41, 5.74) is 1.09. The maximum absolute atomic E-state index is 6.03. The normalized spacial score (nSPS) is 16.3. The maximum atomic E-state index is 6.03. The van der Waals surface area contributed by atoms with Crippen molar-refractivity contribution in [2.45, 2.75) is 18.7 Å². The molecule has 1 fully saturated rings. The second-order valence-corrected chi connectivity index (χ2v) is 5.99. The highest BCUT2D eigenvalue weighted by Crippen LogP contribution is 2.28. The lowest BCUT2D eigenvalue weighted by Crippen LogP contribution is -2.30. The number of alkyl halides is 1. The first-order valence-corrected chi connectivity index (χ1v) is 8.04. The number of pyridine rings is 1. The van der Waals surface area contributed by atoms with Crippen LogP contribution in [0.3, 0.4) is 0 Å². The van der Waals surface area contributed by atoms with Crippen molar-refractivity contribution in [3.8, 4) is 0 Å². The van der Waals surface area contributed by atoms with Gasteiger partial charge in [-0.05, 0) is 29.7 Å². The van der Waals surface area contributed by atoms with Gasteiger partial charge in [0.25, 0.3) is 0 Å². The summed E-state index contributed by atoms with van der Waals surface area (Å²) in [6.45, 7) is 2.80. The average molecular weight is 305 g/mol. The number of nitrogens with zero attached hydrogens (tertiary/aromatic N) is 2. The van der Waals surface area contributed by atoms with Gasteiger partial charge in [-0.1, -0.05) is 24.3 Å². The van der Waals surface area contributed by atoms with E-state index in [4.69, 9.17) is 16.3 Å². The molecule has 21 heavy (non-hydrogen) atoms. The summed E-state index contributed by atoms with van der Waals surface area (Å²) in [5, 5.41) is 2.39. The molecule has 0 N–H and O–H groups in total. The number of anilines is 1. The third-order valence-electron chi connectivity index (χ3n) is 4.24. The highest BCUT2D eigenvalue weighted by atomic mass is 35.5. The molecule has 1 aromatic carbocycles. The fourth-order valence-electron chi connectivity index (χ4n) is 3.05. The Bertz CT molecular complexity index is 611. The summed E-state index contributed by atoms with van der Waals surface area (Å²) in [6, 6.07) is 8.38. The molecule has 1 aliphatic rings. The molecule has 2 aromatic rings. The molecule has 1 aliphatic heterocycles. The highest BCUT2D eigenvalue weighted by Gasteiger charge is 2.18. The predicted octanol–water partition coefficient (Wildman–Crippen LogP) is 3.84. The number of halogens is 1. The van der Waals surface area contributed by atoms with Gasteiger partial charge in [0.15, 0.2) is 0 Å². The van der Waals surface area contributed by atoms with Crippen LogP contribution in [-0.2, 0) is 10.6 Å². The zero-order valence-corrected chi connectivity index (χ0v) is 13.1. The van der Waals surface area contributed by atoms with Crippen LogP contribution in [0.25, 0.3) is 10.8 Å². The number of ether oxygens (including phenoxy) is 1. The standard InChI is InChI=1S/C17H21ClN2O/c1-20(12-13-6-8-21-9-7-13)17-16-5-3-2-4-15(16)14(10-18)11-19-17/h2-5,11,13H,6-10,12H2,1H3. The summed E-state index contributed by atoms with van der Waals surface area (Å²) in [7, 11) is 2.13. The van der Waals surface area contributed by atoms with E-state index in [1.54, 1.807) is 0 Å². The van der Waals surface area contributed by atoms with Crippen molar-refractivity contribution < 1.29 is 4.74 Å². The van der Waals surface area contributed by atoms with Gasteiger partial charge in [0.05, 0.1) is 0 Å². The summed E-state index contributed by atoms with van der Waals surface area (Å²) in [5.74, 6) is 2.24. The molecule has 0 radical (unpaired) electrons. The van der Waals surface area contributed by atoms with Crippen LogP contribution in [-0.4, -0.2) is 31.8 Å². The van der Waals surface area contributed by atoms with Crippen LogP contribution in [0.2, 0.25) is 0 Å². The minimum Gasteiger partial charge on any atom is -0.381 e. The lowest BCUT2D eigenvalue weighted by Gasteiger charge is -2.28. The number of benzene rings is 1. The third-order valence-corrected chi connectivity index (χ3v) is 4.52. The van der Waals surface area contributed by atoms with Crippen LogP contribution in [0.1, 0.15) is 18.4 Å². The van der Waals surface area contributed by atoms with Gasteiger partial charge in [-0.2, -0.15) is 0 Å². The highest BCUT2D eigenvalue weighted by molar-refractivity contribution is 6.18. The van der Waals surface area contributed by atoms with E-state index < -0.39 is 0 Å². The van der Waals surface area contributed by atoms with Crippen molar-refractivity contribution in [3.63, 3.8) is 0 Å². The number of aromatic nitrogens is 1. The first-order valence-electron chi connectivity index (χ1n) is 7.51. The van der Waals surface area contributed by atoms with E-state index in [-0.39, 0.29) is 0 Å². The third kappa shape index (κ3) is 3.14. The van der Waals surface area contributed by atoms with Gasteiger partial charge in [-0.15, -0.1) is 11.6 Å². The van der Waals surface area contributed by atoms with Crippen molar-refractivity contribution in [2.75, 3.05) is 31.7 Å². The van der Waals surface area contributed by atoms with E-state index in [0.717, 1.165) is 44.0 Å².